The Bertz CT molecular complexity index is 496. The van der Waals surface area contributed by atoms with Gasteiger partial charge in [-0.15, -0.1) is 24.0 Å². The second kappa shape index (κ2) is 17.1. The van der Waals surface area contributed by atoms with Crippen molar-refractivity contribution in [3.63, 3.8) is 0 Å². The van der Waals surface area contributed by atoms with E-state index in [0.717, 1.165) is 50.0 Å². The van der Waals surface area contributed by atoms with Crippen molar-refractivity contribution < 1.29 is 14.2 Å². The van der Waals surface area contributed by atoms with E-state index in [2.05, 4.69) is 36.4 Å². The van der Waals surface area contributed by atoms with Gasteiger partial charge in [0.15, 0.2) is 5.96 Å². The lowest BCUT2D eigenvalue weighted by Crippen LogP contribution is -2.38. The van der Waals surface area contributed by atoms with Crippen LogP contribution in [-0.2, 0) is 16.0 Å². The molecule has 27 heavy (non-hydrogen) atoms. The van der Waals surface area contributed by atoms with Crippen LogP contribution in [-0.4, -0.2) is 52.6 Å². The third-order valence-corrected chi connectivity index (χ3v) is 3.45. The zero-order chi connectivity index (χ0) is 19.0. The fourth-order valence-electron chi connectivity index (χ4n) is 2.15. The molecular weight excluding hydrogens is 457 g/mol. The number of halogens is 1. The number of aliphatic imine (C=N–C) groups is 1. The van der Waals surface area contributed by atoms with E-state index in [1.54, 1.807) is 7.11 Å². The predicted molar refractivity (Wildman–Crippen MR) is 122 cm³/mol. The van der Waals surface area contributed by atoms with Gasteiger partial charge >= 0.3 is 0 Å². The fraction of sp³-hybridized carbons (Fsp3) is 0.650. The van der Waals surface area contributed by atoms with Crippen molar-refractivity contribution in [3.8, 4) is 5.75 Å². The van der Waals surface area contributed by atoms with Crippen molar-refractivity contribution in [1.29, 1.82) is 0 Å². The Morgan fingerprint density at radius 3 is 2.44 bits per heavy atom. The van der Waals surface area contributed by atoms with E-state index >= 15 is 0 Å². The number of nitrogens with zero attached hydrogens (tertiary/aromatic N) is 1. The van der Waals surface area contributed by atoms with Gasteiger partial charge in [0.05, 0.1) is 13.2 Å². The SMILES string of the molecule is CCNC(=NCc1ccc(OCCOC)cc1)NCCCOCC(C)C.I. The summed E-state index contributed by atoms with van der Waals surface area (Å²) in [5.74, 6) is 2.26. The van der Waals surface area contributed by atoms with Crippen molar-refractivity contribution in [1.82, 2.24) is 10.6 Å². The van der Waals surface area contributed by atoms with Gasteiger partial charge in [0.1, 0.15) is 12.4 Å². The third-order valence-electron chi connectivity index (χ3n) is 3.45. The predicted octanol–water partition coefficient (Wildman–Crippen LogP) is 3.45. The molecule has 0 atom stereocenters. The second-order valence-corrected chi connectivity index (χ2v) is 6.43. The molecule has 0 saturated carbocycles. The molecule has 0 spiro atoms. The Balaban J connectivity index is 0.00000676. The first-order valence-corrected chi connectivity index (χ1v) is 9.46. The molecule has 0 unspecified atom stereocenters. The molecule has 2 N–H and O–H groups in total. The molecule has 1 aromatic carbocycles. The topological polar surface area (TPSA) is 64.1 Å². The summed E-state index contributed by atoms with van der Waals surface area (Å²) >= 11 is 0. The van der Waals surface area contributed by atoms with Gasteiger partial charge in [0.2, 0.25) is 0 Å². The largest absolute Gasteiger partial charge is 0.491 e. The van der Waals surface area contributed by atoms with Crippen LogP contribution in [0.15, 0.2) is 29.3 Å². The molecule has 0 fully saturated rings. The number of nitrogens with one attached hydrogen (secondary N) is 2. The molecule has 6 nitrogen and oxygen atoms in total. The van der Waals surface area contributed by atoms with Gasteiger partial charge in [-0.1, -0.05) is 26.0 Å². The number of benzene rings is 1. The normalized spacial score (nSPS) is 11.2. The molecule has 0 radical (unpaired) electrons. The summed E-state index contributed by atoms with van der Waals surface area (Å²) in [5.41, 5.74) is 1.14. The summed E-state index contributed by atoms with van der Waals surface area (Å²) in [7, 11) is 1.67. The molecule has 156 valence electrons. The number of methoxy groups -OCH3 is 1. The first-order chi connectivity index (χ1) is 12.7. The fourth-order valence-corrected chi connectivity index (χ4v) is 2.15. The maximum Gasteiger partial charge on any atom is 0.191 e. The van der Waals surface area contributed by atoms with E-state index in [9.17, 15) is 0 Å². The van der Waals surface area contributed by atoms with Crippen LogP contribution in [0.2, 0.25) is 0 Å². The highest BCUT2D eigenvalue weighted by Gasteiger charge is 1.99. The van der Waals surface area contributed by atoms with Crippen molar-refractivity contribution in [2.75, 3.05) is 46.6 Å². The molecule has 1 rings (SSSR count). The quantitative estimate of drug-likeness (QED) is 0.191. The van der Waals surface area contributed by atoms with Crippen LogP contribution in [0.5, 0.6) is 5.75 Å². The standard InChI is InChI=1S/C20H35N3O3.HI/c1-5-21-20(22-11-6-12-25-16-17(2)3)23-15-18-7-9-19(10-8-18)26-14-13-24-4;/h7-10,17H,5-6,11-16H2,1-4H3,(H2,21,22,23);1H. The molecule has 0 bridgehead atoms. The van der Waals surface area contributed by atoms with Gasteiger partial charge in [-0.2, -0.15) is 0 Å². The number of hydrogen-bond donors (Lipinski definition) is 2. The highest BCUT2D eigenvalue weighted by atomic mass is 127. The minimum absolute atomic E-state index is 0. The van der Waals surface area contributed by atoms with Crippen LogP contribution >= 0.6 is 24.0 Å². The maximum absolute atomic E-state index is 5.59. The first-order valence-electron chi connectivity index (χ1n) is 9.46. The van der Waals surface area contributed by atoms with Crippen LogP contribution in [0.1, 0.15) is 32.8 Å². The molecule has 0 saturated heterocycles. The molecule has 0 amide bonds. The molecular formula is C20H36IN3O3. The van der Waals surface area contributed by atoms with Gasteiger partial charge < -0.3 is 24.8 Å². The van der Waals surface area contributed by atoms with E-state index in [-0.39, 0.29) is 24.0 Å². The number of hydrogen-bond acceptors (Lipinski definition) is 4. The summed E-state index contributed by atoms with van der Waals surface area (Å²) < 4.78 is 16.1. The van der Waals surface area contributed by atoms with Crippen molar-refractivity contribution in [2.24, 2.45) is 10.9 Å². The lowest BCUT2D eigenvalue weighted by atomic mass is 10.2. The van der Waals surface area contributed by atoms with E-state index < -0.39 is 0 Å². The molecule has 1 aromatic rings. The van der Waals surface area contributed by atoms with Crippen molar-refractivity contribution >= 4 is 29.9 Å². The average molecular weight is 493 g/mol. The molecule has 0 heterocycles. The van der Waals surface area contributed by atoms with Crippen LogP contribution < -0.4 is 15.4 Å². The summed E-state index contributed by atoms with van der Waals surface area (Å²) in [6.07, 6.45) is 0.963. The van der Waals surface area contributed by atoms with Gasteiger partial charge in [0.25, 0.3) is 0 Å². The highest BCUT2D eigenvalue weighted by molar-refractivity contribution is 14.0. The molecule has 0 aliphatic carbocycles. The number of rotatable bonds is 13. The number of guanidine groups is 1. The Kier molecular flexibility index (Phi) is 16.4. The summed E-state index contributed by atoms with van der Waals surface area (Å²) in [6.45, 7) is 11.4. The number of ether oxygens (including phenoxy) is 3. The molecule has 0 aromatic heterocycles. The zero-order valence-electron chi connectivity index (χ0n) is 17.1. The highest BCUT2D eigenvalue weighted by Crippen LogP contribution is 2.12. The van der Waals surface area contributed by atoms with Crippen LogP contribution in [0.25, 0.3) is 0 Å². The van der Waals surface area contributed by atoms with Crippen molar-refractivity contribution in [2.45, 2.75) is 33.7 Å². The van der Waals surface area contributed by atoms with E-state index in [4.69, 9.17) is 14.2 Å². The van der Waals surface area contributed by atoms with E-state index in [1.807, 2.05) is 24.3 Å². The summed E-state index contributed by atoms with van der Waals surface area (Å²) in [4.78, 5) is 4.63. The van der Waals surface area contributed by atoms with Crippen LogP contribution in [0.4, 0.5) is 0 Å². The Hall–Kier alpha value is -1.06. The Morgan fingerprint density at radius 1 is 1.07 bits per heavy atom. The smallest absolute Gasteiger partial charge is 0.191 e. The summed E-state index contributed by atoms with van der Waals surface area (Å²) in [5, 5.41) is 6.61. The Morgan fingerprint density at radius 2 is 1.81 bits per heavy atom. The van der Waals surface area contributed by atoms with E-state index in [0.29, 0.717) is 25.7 Å². The minimum atomic E-state index is 0. The van der Waals surface area contributed by atoms with Crippen LogP contribution in [0, 0.1) is 5.92 Å². The zero-order valence-corrected chi connectivity index (χ0v) is 19.5. The average Bonchev–Trinajstić information content (AvgIpc) is 2.63. The molecule has 0 aliphatic heterocycles. The van der Waals surface area contributed by atoms with E-state index in [1.165, 1.54) is 0 Å². The maximum atomic E-state index is 5.59. The minimum Gasteiger partial charge on any atom is -0.491 e. The van der Waals surface area contributed by atoms with Crippen LogP contribution in [0.3, 0.4) is 0 Å². The molecule has 0 aliphatic rings. The first kappa shape index (κ1) is 25.9. The van der Waals surface area contributed by atoms with Crippen molar-refractivity contribution in [3.05, 3.63) is 29.8 Å². The lowest BCUT2D eigenvalue weighted by molar-refractivity contribution is 0.108. The Labute approximate surface area is 181 Å². The lowest BCUT2D eigenvalue weighted by Gasteiger charge is -2.12. The monoisotopic (exact) mass is 493 g/mol. The third kappa shape index (κ3) is 13.7. The van der Waals surface area contributed by atoms with Gasteiger partial charge in [-0.3, -0.25) is 0 Å². The second-order valence-electron chi connectivity index (χ2n) is 6.43. The van der Waals surface area contributed by atoms with Gasteiger partial charge in [0, 0.05) is 33.4 Å². The molecule has 7 heteroatoms. The van der Waals surface area contributed by atoms with Gasteiger partial charge in [-0.25, -0.2) is 4.99 Å². The summed E-state index contributed by atoms with van der Waals surface area (Å²) in [6, 6.07) is 8.00. The van der Waals surface area contributed by atoms with Gasteiger partial charge in [-0.05, 0) is 37.0 Å².